The normalized spacial score (nSPS) is 16.4. The number of nitrogens with zero attached hydrogens (tertiary/aromatic N) is 2. The third-order valence-electron chi connectivity index (χ3n) is 7.48. The Balaban J connectivity index is 1.36. The summed E-state index contributed by atoms with van der Waals surface area (Å²) in [6.45, 7) is 6.09. The molecule has 0 aliphatic heterocycles. The summed E-state index contributed by atoms with van der Waals surface area (Å²) in [6.07, 6.45) is 11.0. The molecule has 1 fully saturated rings. The molecule has 5 heteroatoms. The standard InChI is InChI=1S/C30H39N2O3/c1-24-15-17-26(18-16-24)23-32-21-20-31(25(32)2)19-10-22-35-29(33)30(34,28-13-8-5-9-14-28)27-11-6-3-4-7-12-27/h5,8-9,13-18,20-21,27,34H,3-4,6-7,10-12,19,22-23H2,1-2H3/q+1. The summed E-state index contributed by atoms with van der Waals surface area (Å²) < 4.78 is 10.1. The number of aryl methyl sites for hydroxylation is 2. The second-order valence-corrected chi connectivity index (χ2v) is 9.96. The molecule has 4 rings (SSSR count). The largest absolute Gasteiger partial charge is 0.463 e. The summed E-state index contributed by atoms with van der Waals surface area (Å²) in [5, 5.41) is 11.7. The van der Waals surface area contributed by atoms with E-state index >= 15 is 0 Å². The zero-order chi connectivity index (χ0) is 24.7. The number of esters is 1. The second kappa shape index (κ2) is 11.7. The lowest BCUT2D eigenvalue weighted by atomic mass is 9.77. The van der Waals surface area contributed by atoms with Crippen LogP contribution in [-0.4, -0.2) is 22.2 Å². The lowest BCUT2D eigenvalue weighted by Gasteiger charge is -2.34. The van der Waals surface area contributed by atoms with Gasteiger partial charge in [-0.3, -0.25) is 0 Å². The van der Waals surface area contributed by atoms with E-state index in [0.717, 1.165) is 57.4 Å². The summed E-state index contributed by atoms with van der Waals surface area (Å²) >= 11 is 0. The van der Waals surface area contributed by atoms with Crippen molar-refractivity contribution in [3.05, 3.63) is 89.5 Å². The first-order valence-corrected chi connectivity index (χ1v) is 13.0. The number of rotatable bonds is 9. The van der Waals surface area contributed by atoms with E-state index in [0.29, 0.717) is 12.0 Å². The SMILES string of the molecule is Cc1ccc(C[n+]2ccn(CCCOC(=O)C(O)(c3ccccc3)C3CCCCCC3)c2C)cc1. The zero-order valence-electron chi connectivity index (χ0n) is 21.2. The van der Waals surface area contributed by atoms with E-state index in [9.17, 15) is 9.90 Å². The number of imidazole rings is 1. The summed E-state index contributed by atoms with van der Waals surface area (Å²) in [4.78, 5) is 13.3. The minimum absolute atomic E-state index is 0.104. The first kappa shape index (κ1) is 25.2. The van der Waals surface area contributed by atoms with Gasteiger partial charge in [0.1, 0.15) is 18.9 Å². The summed E-state index contributed by atoms with van der Waals surface area (Å²) in [5.74, 6) is 0.553. The summed E-state index contributed by atoms with van der Waals surface area (Å²) in [5.41, 5.74) is 1.61. The van der Waals surface area contributed by atoms with Crippen LogP contribution in [0.4, 0.5) is 0 Å². The van der Waals surface area contributed by atoms with Gasteiger partial charge in [0.2, 0.25) is 0 Å². The molecule has 0 radical (unpaired) electrons. The summed E-state index contributed by atoms with van der Waals surface area (Å²) in [6, 6.07) is 18.0. The van der Waals surface area contributed by atoms with Gasteiger partial charge in [0.05, 0.1) is 13.2 Å². The minimum atomic E-state index is -1.58. The van der Waals surface area contributed by atoms with E-state index in [-0.39, 0.29) is 12.5 Å². The maximum absolute atomic E-state index is 13.3. The highest BCUT2D eigenvalue weighted by Gasteiger charge is 2.46. The molecule has 1 unspecified atom stereocenters. The van der Waals surface area contributed by atoms with Crippen LogP contribution in [0.3, 0.4) is 0 Å². The van der Waals surface area contributed by atoms with Crippen molar-refractivity contribution < 1.29 is 19.2 Å². The smallest absolute Gasteiger partial charge is 0.343 e. The monoisotopic (exact) mass is 475 g/mol. The Hall–Kier alpha value is -2.92. The van der Waals surface area contributed by atoms with Gasteiger partial charge < -0.3 is 9.84 Å². The fourth-order valence-corrected chi connectivity index (χ4v) is 5.25. The lowest BCUT2D eigenvalue weighted by Crippen LogP contribution is -2.44. The van der Waals surface area contributed by atoms with Crippen molar-refractivity contribution in [1.29, 1.82) is 0 Å². The van der Waals surface area contributed by atoms with Crippen LogP contribution < -0.4 is 4.57 Å². The fourth-order valence-electron chi connectivity index (χ4n) is 5.25. The molecule has 1 aliphatic carbocycles. The van der Waals surface area contributed by atoms with E-state index in [1.54, 1.807) is 0 Å². The second-order valence-electron chi connectivity index (χ2n) is 9.96. The zero-order valence-corrected chi connectivity index (χ0v) is 21.2. The van der Waals surface area contributed by atoms with Gasteiger partial charge in [-0.15, -0.1) is 0 Å². The van der Waals surface area contributed by atoms with Gasteiger partial charge >= 0.3 is 5.97 Å². The molecular weight excluding hydrogens is 436 g/mol. The fraction of sp³-hybridized carbons (Fsp3) is 0.467. The Morgan fingerprint density at radius 2 is 1.71 bits per heavy atom. The molecule has 1 N–H and O–H groups in total. The Labute approximate surface area is 209 Å². The molecule has 0 amide bonds. The molecule has 186 valence electrons. The van der Waals surface area contributed by atoms with Crippen molar-refractivity contribution in [2.24, 2.45) is 5.92 Å². The number of aromatic nitrogens is 2. The predicted octanol–water partition coefficient (Wildman–Crippen LogP) is 5.23. The number of hydrogen-bond acceptors (Lipinski definition) is 3. The van der Waals surface area contributed by atoms with E-state index in [4.69, 9.17) is 4.74 Å². The molecule has 1 saturated carbocycles. The number of hydrogen-bond donors (Lipinski definition) is 1. The third kappa shape index (κ3) is 6.02. The Bertz CT molecular complexity index is 1080. The van der Waals surface area contributed by atoms with Gasteiger partial charge in [-0.2, -0.15) is 0 Å². The third-order valence-corrected chi connectivity index (χ3v) is 7.48. The molecule has 0 spiro atoms. The van der Waals surface area contributed by atoms with Gasteiger partial charge in [-0.25, -0.2) is 13.9 Å². The number of aliphatic hydroxyl groups is 1. The molecule has 3 aromatic rings. The Kier molecular flexibility index (Phi) is 8.40. The molecule has 1 aliphatic rings. The van der Waals surface area contributed by atoms with Crippen LogP contribution in [-0.2, 0) is 28.2 Å². The molecule has 1 heterocycles. The van der Waals surface area contributed by atoms with E-state index in [1.165, 1.54) is 11.1 Å². The van der Waals surface area contributed by atoms with Gasteiger partial charge in [0, 0.05) is 19.3 Å². The molecule has 2 aromatic carbocycles. The van der Waals surface area contributed by atoms with E-state index in [2.05, 4.69) is 59.6 Å². The first-order chi connectivity index (χ1) is 17.0. The quantitative estimate of drug-likeness (QED) is 0.199. The average Bonchev–Trinajstić information content (AvgIpc) is 3.06. The van der Waals surface area contributed by atoms with Crippen molar-refractivity contribution in [3.8, 4) is 0 Å². The molecule has 5 nitrogen and oxygen atoms in total. The highest BCUT2D eigenvalue weighted by molar-refractivity contribution is 5.81. The van der Waals surface area contributed by atoms with E-state index in [1.807, 2.05) is 30.3 Å². The van der Waals surface area contributed by atoms with Crippen molar-refractivity contribution in [3.63, 3.8) is 0 Å². The van der Waals surface area contributed by atoms with Crippen molar-refractivity contribution in [2.75, 3.05) is 6.61 Å². The average molecular weight is 476 g/mol. The number of carbonyl (C=O) groups is 1. The molecule has 35 heavy (non-hydrogen) atoms. The van der Waals surface area contributed by atoms with Crippen LogP contribution in [0.1, 0.15) is 67.5 Å². The van der Waals surface area contributed by atoms with Crippen LogP contribution >= 0.6 is 0 Å². The molecule has 0 bridgehead atoms. The first-order valence-electron chi connectivity index (χ1n) is 13.0. The highest BCUT2D eigenvalue weighted by Crippen LogP contribution is 2.39. The highest BCUT2D eigenvalue weighted by atomic mass is 16.5. The summed E-state index contributed by atoms with van der Waals surface area (Å²) in [7, 11) is 0. The van der Waals surface area contributed by atoms with Gasteiger partial charge in [-0.05, 0) is 30.9 Å². The molecular formula is C30H39N2O3+. The topological polar surface area (TPSA) is 55.3 Å². The van der Waals surface area contributed by atoms with Crippen LogP contribution in [0.5, 0.6) is 0 Å². The van der Waals surface area contributed by atoms with Crippen molar-refractivity contribution in [2.45, 2.75) is 77.5 Å². The van der Waals surface area contributed by atoms with Crippen LogP contribution in [0.25, 0.3) is 0 Å². The van der Waals surface area contributed by atoms with E-state index < -0.39 is 11.6 Å². The maximum atomic E-state index is 13.3. The number of benzene rings is 2. The van der Waals surface area contributed by atoms with Gasteiger partial charge in [0.15, 0.2) is 5.60 Å². The lowest BCUT2D eigenvalue weighted by molar-refractivity contribution is -0.694. The van der Waals surface area contributed by atoms with Crippen molar-refractivity contribution in [1.82, 2.24) is 4.57 Å². The number of ether oxygens (including phenoxy) is 1. The molecule has 1 atom stereocenters. The van der Waals surface area contributed by atoms with Crippen LogP contribution in [0.2, 0.25) is 0 Å². The Morgan fingerprint density at radius 1 is 1.03 bits per heavy atom. The Morgan fingerprint density at radius 3 is 2.40 bits per heavy atom. The van der Waals surface area contributed by atoms with Crippen LogP contribution in [0, 0.1) is 19.8 Å². The molecule has 1 aromatic heterocycles. The minimum Gasteiger partial charge on any atom is -0.463 e. The maximum Gasteiger partial charge on any atom is 0.343 e. The van der Waals surface area contributed by atoms with Crippen LogP contribution in [0.15, 0.2) is 67.0 Å². The van der Waals surface area contributed by atoms with Crippen molar-refractivity contribution >= 4 is 5.97 Å². The van der Waals surface area contributed by atoms with Gasteiger partial charge in [-0.1, -0.05) is 85.8 Å². The number of carbonyl (C=O) groups excluding carboxylic acids is 1. The molecule has 0 saturated heterocycles. The van der Waals surface area contributed by atoms with Gasteiger partial charge in [0.25, 0.3) is 5.82 Å². The predicted molar refractivity (Wildman–Crippen MR) is 137 cm³/mol.